The van der Waals surface area contributed by atoms with Gasteiger partial charge in [0.1, 0.15) is 0 Å². The molecule has 0 atom stereocenters. The molecule has 0 aliphatic rings. The van der Waals surface area contributed by atoms with Crippen molar-refractivity contribution in [2.45, 2.75) is 33.6 Å². The van der Waals surface area contributed by atoms with Crippen molar-refractivity contribution in [3.63, 3.8) is 0 Å². The minimum atomic E-state index is 0.672. The molecule has 1 N–H and O–H groups in total. The molecule has 0 aliphatic carbocycles. The molecule has 0 aliphatic heterocycles. The van der Waals surface area contributed by atoms with Crippen molar-refractivity contribution in [1.82, 2.24) is 15.3 Å². The highest BCUT2D eigenvalue weighted by Crippen LogP contribution is 2.19. The molecule has 0 bridgehead atoms. The van der Waals surface area contributed by atoms with Gasteiger partial charge in [-0.3, -0.25) is 0 Å². The Labute approximate surface area is 114 Å². The molecule has 2 aromatic heterocycles. The van der Waals surface area contributed by atoms with Gasteiger partial charge in [0.15, 0.2) is 11.6 Å². The van der Waals surface area contributed by atoms with Gasteiger partial charge >= 0.3 is 0 Å². The van der Waals surface area contributed by atoms with Crippen LogP contribution in [0.2, 0.25) is 0 Å². The van der Waals surface area contributed by atoms with E-state index in [1.54, 1.807) is 6.26 Å². The van der Waals surface area contributed by atoms with E-state index in [-0.39, 0.29) is 0 Å². The third-order valence-electron chi connectivity index (χ3n) is 3.14. The van der Waals surface area contributed by atoms with E-state index in [0.29, 0.717) is 5.82 Å². The molecular weight excluding hydrogens is 238 g/mol. The Morgan fingerprint density at radius 3 is 2.47 bits per heavy atom. The van der Waals surface area contributed by atoms with Crippen LogP contribution in [0.15, 0.2) is 22.8 Å². The number of aryl methyl sites for hydroxylation is 2. The lowest BCUT2D eigenvalue weighted by molar-refractivity contribution is 0.576. The van der Waals surface area contributed by atoms with Gasteiger partial charge in [0.2, 0.25) is 0 Å². The maximum atomic E-state index is 5.35. The number of rotatable bonds is 6. The first-order chi connectivity index (χ1) is 9.22. The Kier molecular flexibility index (Phi) is 4.68. The van der Waals surface area contributed by atoms with Gasteiger partial charge in [-0.05, 0) is 57.5 Å². The topological polar surface area (TPSA) is 51.0 Å². The summed E-state index contributed by atoms with van der Waals surface area (Å²) in [4.78, 5) is 9.09. The minimum absolute atomic E-state index is 0.672. The molecule has 2 rings (SSSR count). The molecule has 19 heavy (non-hydrogen) atoms. The molecule has 0 spiro atoms. The van der Waals surface area contributed by atoms with E-state index < -0.39 is 0 Å². The summed E-state index contributed by atoms with van der Waals surface area (Å²) >= 11 is 0. The van der Waals surface area contributed by atoms with Gasteiger partial charge in [-0.25, -0.2) is 9.97 Å². The SMILES string of the molecule is CCCNCCc1c(C)nc(-c2ccco2)nc1C. The molecule has 4 heteroatoms. The lowest BCUT2D eigenvalue weighted by Crippen LogP contribution is -2.19. The lowest BCUT2D eigenvalue weighted by Gasteiger charge is -2.10. The van der Waals surface area contributed by atoms with E-state index in [0.717, 1.165) is 43.1 Å². The van der Waals surface area contributed by atoms with Crippen LogP contribution in [0.5, 0.6) is 0 Å². The average Bonchev–Trinajstić information content (AvgIpc) is 2.90. The molecule has 0 saturated heterocycles. The first kappa shape index (κ1) is 13.7. The van der Waals surface area contributed by atoms with Crippen LogP contribution in [0, 0.1) is 13.8 Å². The van der Waals surface area contributed by atoms with Crippen molar-refractivity contribution in [3.05, 3.63) is 35.3 Å². The molecule has 4 nitrogen and oxygen atoms in total. The second-order valence-corrected chi connectivity index (χ2v) is 4.67. The lowest BCUT2D eigenvalue weighted by atomic mass is 10.1. The standard InChI is InChI=1S/C15H21N3O/c1-4-8-16-9-7-13-11(2)17-15(18-12(13)3)14-6-5-10-19-14/h5-6,10,16H,4,7-9H2,1-3H3. The van der Waals surface area contributed by atoms with Crippen molar-refractivity contribution in [2.75, 3.05) is 13.1 Å². The predicted octanol–water partition coefficient (Wildman–Crippen LogP) is 2.90. The predicted molar refractivity (Wildman–Crippen MR) is 76.1 cm³/mol. The Bertz CT molecular complexity index is 497. The Hall–Kier alpha value is -1.68. The molecule has 0 unspecified atom stereocenters. The molecule has 0 fully saturated rings. The van der Waals surface area contributed by atoms with Crippen LogP contribution in [0.25, 0.3) is 11.6 Å². The summed E-state index contributed by atoms with van der Waals surface area (Å²) in [6, 6.07) is 3.74. The van der Waals surface area contributed by atoms with Gasteiger partial charge in [0.05, 0.1) is 6.26 Å². The quantitative estimate of drug-likeness (QED) is 0.810. The molecule has 0 radical (unpaired) electrons. The summed E-state index contributed by atoms with van der Waals surface area (Å²) in [6.45, 7) is 8.28. The summed E-state index contributed by atoms with van der Waals surface area (Å²) in [5, 5.41) is 3.41. The van der Waals surface area contributed by atoms with Crippen LogP contribution in [0.1, 0.15) is 30.3 Å². The first-order valence-corrected chi connectivity index (χ1v) is 6.81. The van der Waals surface area contributed by atoms with Crippen LogP contribution >= 0.6 is 0 Å². The Morgan fingerprint density at radius 2 is 1.89 bits per heavy atom. The molecule has 0 amide bonds. The Balaban J connectivity index is 2.13. The van der Waals surface area contributed by atoms with Crippen molar-refractivity contribution in [1.29, 1.82) is 0 Å². The maximum absolute atomic E-state index is 5.35. The van der Waals surface area contributed by atoms with Gasteiger partial charge in [-0.15, -0.1) is 0 Å². The van der Waals surface area contributed by atoms with Crippen molar-refractivity contribution >= 4 is 0 Å². The molecule has 0 saturated carbocycles. The van der Waals surface area contributed by atoms with E-state index in [4.69, 9.17) is 4.42 Å². The van der Waals surface area contributed by atoms with E-state index in [2.05, 4.69) is 22.2 Å². The largest absolute Gasteiger partial charge is 0.461 e. The van der Waals surface area contributed by atoms with E-state index in [1.807, 2.05) is 26.0 Å². The highest BCUT2D eigenvalue weighted by Gasteiger charge is 2.11. The summed E-state index contributed by atoms with van der Waals surface area (Å²) in [5.74, 6) is 1.40. The number of hydrogen-bond acceptors (Lipinski definition) is 4. The fraction of sp³-hybridized carbons (Fsp3) is 0.467. The molecular formula is C15H21N3O. The van der Waals surface area contributed by atoms with Crippen LogP contribution in [-0.2, 0) is 6.42 Å². The zero-order valence-corrected chi connectivity index (χ0v) is 11.9. The van der Waals surface area contributed by atoms with Gasteiger partial charge in [-0.1, -0.05) is 6.92 Å². The van der Waals surface area contributed by atoms with Crippen molar-refractivity contribution < 1.29 is 4.42 Å². The number of hydrogen-bond donors (Lipinski definition) is 1. The highest BCUT2D eigenvalue weighted by molar-refractivity contribution is 5.48. The second-order valence-electron chi connectivity index (χ2n) is 4.67. The monoisotopic (exact) mass is 259 g/mol. The van der Waals surface area contributed by atoms with Gasteiger partial charge < -0.3 is 9.73 Å². The van der Waals surface area contributed by atoms with Crippen LogP contribution in [-0.4, -0.2) is 23.1 Å². The normalized spacial score (nSPS) is 10.9. The summed E-state index contributed by atoms with van der Waals surface area (Å²) in [6.07, 6.45) is 3.77. The zero-order chi connectivity index (χ0) is 13.7. The highest BCUT2D eigenvalue weighted by atomic mass is 16.3. The average molecular weight is 259 g/mol. The van der Waals surface area contributed by atoms with Gasteiger partial charge in [-0.2, -0.15) is 0 Å². The smallest absolute Gasteiger partial charge is 0.196 e. The zero-order valence-electron chi connectivity index (χ0n) is 11.9. The van der Waals surface area contributed by atoms with Crippen molar-refractivity contribution in [3.8, 4) is 11.6 Å². The second kappa shape index (κ2) is 6.48. The fourth-order valence-electron chi connectivity index (χ4n) is 2.13. The maximum Gasteiger partial charge on any atom is 0.196 e. The fourth-order valence-corrected chi connectivity index (χ4v) is 2.13. The minimum Gasteiger partial charge on any atom is -0.461 e. The first-order valence-electron chi connectivity index (χ1n) is 6.81. The summed E-state index contributed by atoms with van der Waals surface area (Å²) < 4.78 is 5.35. The van der Waals surface area contributed by atoms with E-state index in [9.17, 15) is 0 Å². The van der Waals surface area contributed by atoms with Crippen molar-refractivity contribution in [2.24, 2.45) is 0 Å². The Morgan fingerprint density at radius 1 is 1.16 bits per heavy atom. The van der Waals surface area contributed by atoms with Gasteiger partial charge in [0, 0.05) is 11.4 Å². The summed E-state index contributed by atoms with van der Waals surface area (Å²) in [7, 11) is 0. The van der Waals surface area contributed by atoms with E-state index >= 15 is 0 Å². The number of nitrogens with one attached hydrogen (secondary N) is 1. The number of aromatic nitrogens is 2. The summed E-state index contributed by atoms with van der Waals surface area (Å²) in [5.41, 5.74) is 3.31. The number of furan rings is 1. The molecule has 2 aromatic rings. The molecule has 2 heterocycles. The third kappa shape index (κ3) is 3.41. The molecule has 102 valence electrons. The van der Waals surface area contributed by atoms with Crippen LogP contribution < -0.4 is 5.32 Å². The van der Waals surface area contributed by atoms with Gasteiger partial charge in [0.25, 0.3) is 0 Å². The number of nitrogens with zero attached hydrogens (tertiary/aromatic N) is 2. The van der Waals surface area contributed by atoms with Crippen LogP contribution in [0.4, 0.5) is 0 Å². The van der Waals surface area contributed by atoms with E-state index in [1.165, 1.54) is 5.56 Å². The van der Waals surface area contributed by atoms with Crippen LogP contribution in [0.3, 0.4) is 0 Å². The molecule has 0 aromatic carbocycles. The third-order valence-corrected chi connectivity index (χ3v) is 3.14.